The molecule has 0 saturated heterocycles. The molecule has 0 aromatic heterocycles. The molecule has 1 atom stereocenters. The molecule has 0 aliphatic heterocycles. The third kappa shape index (κ3) is 6.64. The number of hydrogen-bond acceptors (Lipinski definition) is 4. The quantitative estimate of drug-likeness (QED) is 0.691. The van der Waals surface area contributed by atoms with E-state index < -0.39 is 6.04 Å². The molecule has 0 aliphatic carbocycles. The van der Waals surface area contributed by atoms with Crippen LogP contribution in [-0.2, 0) is 9.59 Å². The van der Waals surface area contributed by atoms with Crippen LogP contribution in [0.25, 0.3) is 0 Å². The maximum absolute atomic E-state index is 12.7. The van der Waals surface area contributed by atoms with Gasteiger partial charge in [-0.3, -0.25) is 9.59 Å². The lowest BCUT2D eigenvalue weighted by Crippen LogP contribution is -2.46. The van der Waals surface area contributed by atoms with E-state index in [1.807, 2.05) is 56.5 Å². The fourth-order valence-corrected chi connectivity index (χ4v) is 2.98. The molecular formula is C21H26N2O3S. The number of rotatable bonds is 9. The number of aryl methyl sites for hydroxylation is 1. The van der Waals surface area contributed by atoms with Crippen LogP contribution in [0, 0.1) is 13.8 Å². The van der Waals surface area contributed by atoms with Gasteiger partial charge in [0.1, 0.15) is 11.8 Å². The Morgan fingerprint density at radius 2 is 1.81 bits per heavy atom. The van der Waals surface area contributed by atoms with E-state index in [1.54, 1.807) is 23.9 Å². The molecular weight excluding hydrogens is 360 g/mol. The highest BCUT2D eigenvalue weighted by atomic mass is 32.2. The molecule has 1 unspecified atom stereocenters. The minimum atomic E-state index is -0.607. The predicted molar refractivity (Wildman–Crippen MR) is 111 cm³/mol. The number of anilines is 1. The number of ether oxygens (including phenoxy) is 1. The third-order valence-corrected chi connectivity index (χ3v) is 4.88. The first-order valence-corrected chi connectivity index (χ1v) is 10.2. The van der Waals surface area contributed by atoms with Crippen LogP contribution >= 0.6 is 11.8 Å². The van der Waals surface area contributed by atoms with Gasteiger partial charge in [-0.15, -0.1) is 0 Å². The molecule has 0 aliphatic rings. The van der Waals surface area contributed by atoms with Crippen molar-refractivity contribution in [1.29, 1.82) is 0 Å². The Balaban J connectivity index is 1.97. The van der Waals surface area contributed by atoms with Crippen molar-refractivity contribution < 1.29 is 14.3 Å². The van der Waals surface area contributed by atoms with Crippen LogP contribution in [0.3, 0.4) is 0 Å². The van der Waals surface area contributed by atoms with Crippen LogP contribution in [0.15, 0.2) is 48.5 Å². The largest absolute Gasteiger partial charge is 0.484 e. The van der Waals surface area contributed by atoms with Crippen LogP contribution in [-0.4, -0.2) is 36.5 Å². The van der Waals surface area contributed by atoms with Gasteiger partial charge in [0, 0.05) is 5.69 Å². The van der Waals surface area contributed by atoms with E-state index in [9.17, 15) is 9.59 Å². The van der Waals surface area contributed by atoms with Crippen molar-refractivity contribution in [3.8, 4) is 5.75 Å². The lowest BCUT2D eigenvalue weighted by Gasteiger charge is -2.19. The van der Waals surface area contributed by atoms with Crippen molar-refractivity contribution in [2.24, 2.45) is 0 Å². The van der Waals surface area contributed by atoms with Crippen molar-refractivity contribution in [2.75, 3.05) is 23.9 Å². The average Bonchev–Trinajstić information content (AvgIpc) is 2.67. The summed E-state index contributed by atoms with van der Waals surface area (Å²) in [4.78, 5) is 25.0. The Morgan fingerprint density at radius 1 is 1.07 bits per heavy atom. The second kappa shape index (κ2) is 10.6. The highest BCUT2D eigenvalue weighted by molar-refractivity contribution is 7.98. The first-order valence-electron chi connectivity index (χ1n) is 8.84. The molecule has 144 valence electrons. The lowest BCUT2D eigenvalue weighted by molar-refractivity contribution is -0.127. The Kier molecular flexibility index (Phi) is 8.20. The van der Waals surface area contributed by atoms with E-state index in [2.05, 4.69) is 10.6 Å². The van der Waals surface area contributed by atoms with E-state index in [4.69, 9.17) is 4.74 Å². The molecule has 2 amide bonds. The summed E-state index contributed by atoms with van der Waals surface area (Å²) in [6.45, 7) is 3.84. The fourth-order valence-electron chi connectivity index (χ4n) is 2.51. The maximum Gasteiger partial charge on any atom is 0.258 e. The van der Waals surface area contributed by atoms with Gasteiger partial charge >= 0.3 is 0 Å². The minimum Gasteiger partial charge on any atom is -0.484 e. The van der Waals surface area contributed by atoms with Gasteiger partial charge in [-0.05, 0) is 61.6 Å². The van der Waals surface area contributed by atoms with Crippen LogP contribution in [0.1, 0.15) is 17.5 Å². The van der Waals surface area contributed by atoms with Gasteiger partial charge in [0.2, 0.25) is 5.91 Å². The number of benzene rings is 2. The second-order valence-electron chi connectivity index (χ2n) is 6.24. The Morgan fingerprint density at radius 3 is 2.52 bits per heavy atom. The number of nitrogens with one attached hydrogen (secondary N) is 2. The molecule has 0 saturated carbocycles. The monoisotopic (exact) mass is 386 g/mol. The summed E-state index contributed by atoms with van der Waals surface area (Å²) in [5.74, 6) is 0.852. The molecule has 0 bridgehead atoms. The normalized spacial score (nSPS) is 11.5. The number of hydrogen-bond donors (Lipinski definition) is 2. The Labute approximate surface area is 164 Å². The zero-order chi connectivity index (χ0) is 19.6. The molecule has 2 aromatic rings. The summed E-state index contributed by atoms with van der Waals surface area (Å²) in [6, 6.07) is 14.3. The molecule has 0 heterocycles. The topological polar surface area (TPSA) is 67.4 Å². The number of amides is 2. The number of carbonyl (C=O) groups excluding carboxylic acids is 2. The van der Waals surface area contributed by atoms with E-state index in [1.165, 1.54) is 0 Å². The lowest BCUT2D eigenvalue weighted by atomic mass is 10.1. The number of carbonyl (C=O) groups is 2. The van der Waals surface area contributed by atoms with E-state index in [0.29, 0.717) is 12.2 Å². The molecule has 5 nitrogen and oxygen atoms in total. The zero-order valence-electron chi connectivity index (χ0n) is 16.0. The molecule has 27 heavy (non-hydrogen) atoms. The summed E-state index contributed by atoms with van der Waals surface area (Å²) in [7, 11) is 0. The van der Waals surface area contributed by atoms with Gasteiger partial charge < -0.3 is 15.4 Å². The van der Waals surface area contributed by atoms with Crippen molar-refractivity contribution in [2.45, 2.75) is 26.3 Å². The summed E-state index contributed by atoms with van der Waals surface area (Å²) in [5, 5.41) is 5.72. The predicted octanol–water partition coefficient (Wildman–Crippen LogP) is 3.56. The fraction of sp³-hybridized carbons (Fsp3) is 0.333. The van der Waals surface area contributed by atoms with Gasteiger partial charge in [0.15, 0.2) is 6.61 Å². The SMILES string of the molecule is CSCCC(NC(=O)COc1ccccc1)C(=O)Nc1cccc(C)c1C. The van der Waals surface area contributed by atoms with Gasteiger partial charge in [0.25, 0.3) is 5.91 Å². The first-order chi connectivity index (χ1) is 13.0. The van der Waals surface area contributed by atoms with Crippen molar-refractivity contribution >= 4 is 29.3 Å². The maximum atomic E-state index is 12.7. The first kappa shape index (κ1) is 20.8. The minimum absolute atomic E-state index is 0.128. The molecule has 2 N–H and O–H groups in total. The van der Waals surface area contributed by atoms with Crippen molar-refractivity contribution in [3.63, 3.8) is 0 Å². The van der Waals surface area contributed by atoms with Crippen LogP contribution < -0.4 is 15.4 Å². The van der Waals surface area contributed by atoms with Crippen LogP contribution in [0.5, 0.6) is 5.75 Å². The molecule has 6 heteroatoms. The summed E-state index contributed by atoms with van der Waals surface area (Å²) in [6.07, 6.45) is 2.52. The standard InChI is InChI=1S/C21H26N2O3S/c1-15-8-7-11-18(16(15)2)23-21(25)19(12-13-27-3)22-20(24)14-26-17-9-5-4-6-10-17/h4-11,19H,12-14H2,1-3H3,(H,22,24)(H,23,25). The molecule has 2 aromatic carbocycles. The zero-order valence-corrected chi connectivity index (χ0v) is 16.8. The summed E-state index contributed by atoms with van der Waals surface area (Å²) in [5.41, 5.74) is 2.89. The number of para-hydroxylation sites is 1. The van der Waals surface area contributed by atoms with Crippen LogP contribution in [0.4, 0.5) is 5.69 Å². The smallest absolute Gasteiger partial charge is 0.258 e. The van der Waals surface area contributed by atoms with Gasteiger partial charge in [0.05, 0.1) is 0 Å². The highest BCUT2D eigenvalue weighted by Gasteiger charge is 2.21. The average molecular weight is 387 g/mol. The van der Waals surface area contributed by atoms with E-state index in [0.717, 1.165) is 22.6 Å². The van der Waals surface area contributed by atoms with E-state index in [-0.39, 0.29) is 18.4 Å². The van der Waals surface area contributed by atoms with Gasteiger partial charge in [-0.2, -0.15) is 11.8 Å². The second-order valence-corrected chi connectivity index (χ2v) is 7.23. The molecule has 0 spiro atoms. The number of thioether (sulfide) groups is 1. The van der Waals surface area contributed by atoms with Gasteiger partial charge in [-0.25, -0.2) is 0 Å². The summed E-state index contributed by atoms with van der Waals surface area (Å²) < 4.78 is 5.46. The van der Waals surface area contributed by atoms with Crippen LogP contribution in [0.2, 0.25) is 0 Å². The third-order valence-electron chi connectivity index (χ3n) is 4.24. The highest BCUT2D eigenvalue weighted by Crippen LogP contribution is 2.18. The van der Waals surface area contributed by atoms with E-state index >= 15 is 0 Å². The van der Waals surface area contributed by atoms with Gasteiger partial charge in [-0.1, -0.05) is 30.3 Å². The molecule has 0 radical (unpaired) electrons. The Hall–Kier alpha value is -2.47. The molecule has 2 rings (SSSR count). The summed E-state index contributed by atoms with van der Waals surface area (Å²) >= 11 is 1.63. The Bertz CT molecular complexity index is 765. The van der Waals surface area contributed by atoms with Crippen molar-refractivity contribution in [1.82, 2.24) is 5.32 Å². The molecule has 0 fully saturated rings. The van der Waals surface area contributed by atoms with Crippen molar-refractivity contribution in [3.05, 3.63) is 59.7 Å².